The Morgan fingerprint density at radius 3 is 2.59 bits per heavy atom. The normalized spacial score (nSPS) is 17.3. The van der Waals surface area contributed by atoms with E-state index in [0.29, 0.717) is 0 Å². The summed E-state index contributed by atoms with van der Waals surface area (Å²) in [6.07, 6.45) is 0. The summed E-state index contributed by atoms with van der Waals surface area (Å²) >= 11 is 6.08. The maximum atomic E-state index is 12.0. The molecule has 0 aromatic heterocycles. The molecule has 3 nitrogen and oxygen atoms in total. The van der Waals surface area contributed by atoms with Crippen molar-refractivity contribution in [2.45, 2.75) is 26.4 Å². The van der Waals surface area contributed by atoms with Crippen LogP contribution in [0.4, 0.5) is 11.4 Å². The molecule has 0 saturated heterocycles. The Balaban J connectivity index is 1.96. The van der Waals surface area contributed by atoms with Crippen molar-refractivity contribution < 1.29 is 4.79 Å². The van der Waals surface area contributed by atoms with Gasteiger partial charge in [-0.15, -0.1) is 0 Å². The Kier molecular flexibility index (Phi) is 4.08. The largest absolute Gasteiger partial charge is 0.363 e. The molecule has 1 aliphatic rings. The molecule has 2 aromatic carbocycles. The van der Waals surface area contributed by atoms with Crippen molar-refractivity contribution in [2.24, 2.45) is 0 Å². The molecule has 2 aromatic rings. The van der Waals surface area contributed by atoms with Gasteiger partial charge in [0.25, 0.3) is 0 Å². The van der Waals surface area contributed by atoms with E-state index in [1.165, 1.54) is 5.56 Å². The van der Waals surface area contributed by atoms with Crippen molar-refractivity contribution in [1.82, 2.24) is 0 Å². The van der Waals surface area contributed by atoms with Crippen LogP contribution >= 0.6 is 11.6 Å². The van der Waals surface area contributed by atoms with Crippen LogP contribution in [0.3, 0.4) is 0 Å². The number of carbonyl (C=O) groups is 1. The maximum absolute atomic E-state index is 12.0. The van der Waals surface area contributed by atoms with E-state index in [2.05, 4.69) is 24.0 Å². The summed E-state index contributed by atoms with van der Waals surface area (Å²) in [7, 11) is 0. The highest BCUT2D eigenvalue weighted by Crippen LogP contribution is 2.36. The number of carbonyl (C=O) groups excluding carboxylic acids is 1. The number of para-hydroxylation sites is 2. The summed E-state index contributed by atoms with van der Waals surface area (Å²) in [5, 5.41) is 0.751. The number of hydrogen-bond donors (Lipinski definition) is 0. The van der Waals surface area contributed by atoms with Gasteiger partial charge >= 0.3 is 0 Å². The van der Waals surface area contributed by atoms with E-state index in [0.717, 1.165) is 29.5 Å². The average molecular weight is 315 g/mol. The van der Waals surface area contributed by atoms with Crippen molar-refractivity contribution in [2.75, 3.05) is 16.3 Å². The first-order valence-electron chi connectivity index (χ1n) is 7.44. The van der Waals surface area contributed by atoms with Gasteiger partial charge in [0.2, 0.25) is 5.91 Å². The first kappa shape index (κ1) is 14.9. The number of amides is 1. The fourth-order valence-electron chi connectivity index (χ4n) is 3.16. The van der Waals surface area contributed by atoms with E-state index in [4.69, 9.17) is 11.6 Å². The lowest BCUT2D eigenvalue weighted by Crippen LogP contribution is -2.49. The average Bonchev–Trinajstić information content (AvgIpc) is 2.47. The Morgan fingerprint density at radius 1 is 1.18 bits per heavy atom. The molecule has 0 saturated carbocycles. The SMILES string of the molecule is CC(=O)N1c2ccccc2N(Cc2cccc(Cl)c2)C[C@@H]1C. The number of halogens is 1. The van der Waals surface area contributed by atoms with Crippen molar-refractivity contribution in [3.8, 4) is 0 Å². The summed E-state index contributed by atoms with van der Waals surface area (Å²) in [6.45, 7) is 5.30. The number of hydrogen-bond acceptors (Lipinski definition) is 2. The second-order valence-corrected chi connectivity index (χ2v) is 6.17. The number of rotatable bonds is 2. The third-order valence-corrected chi connectivity index (χ3v) is 4.24. The van der Waals surface area contributed by atoms with E-state index >= 15 is 0 Å². The Labute approximate surface area is 136 Å². The van der Waals surface area contributed by atoms with Gasteiger partial charge in [0.15, 0.2) is 0 Å². The van der Waals surface area contributed by atoms with E-state index in [-0.39, 0.29) is 11.9 Å². The van der Waals surface area contributed by atoms with Gasteiger partial charge in [-0.2, -0.15) is 0 Å². The number of anilines is 2. The zero-order chi connectivity index (χ0) is 15.7. The molecule has 1 aliphatic heterocycles. The smallest absolute Gasteiger partial charge is 0.224 e. The molecular formula is C18H19ClN2O. The third-order valence-electron chi connectivity index (χ3n) is 4.01. The fourth-order valence-corrected chi connectivity index (χ4v) is 3.37. The van der Waals surface area contributed by atoms with Gasteiger partial charge in [-0.05, 0) is 36.8 Å². The quantitative estimate of drug-likeness (QED) is 0.833. The highest BCUT2D eigenvalue weighted by Gasteiger charge is 2.30. The Bertz CT molecular complexity index is 701. The summed E-state index contributed by atoms with van der Waals surface area (Å²) in [6, 6.07) is 16.1. The van der Waals surface area contributed by atoms with Crippen LogP contribution < -0.4 is 9.80 Å². The molecule has 0 fully saturated rings. The van der Waals surface area contributed by atoms with E-state index < -0.39 is 0 Å². The molecule has 0 unspecified atom stereocenters. The van der Waals surface area contributed by atoms with Crippen LogP contribution in [0.2, 0.25) is 5.02 Å². The van der Waals surface area contributed by atoms with Gasteiger partial charge in [0, 0.05) is 25.0 Å². The first-order chi connectivity index (χ1) is 10.6. The maximum Gasteiger partial charge on any atom is 0.224 e. The zero-order valence-electron chi connectivity index (χ0n) is 12.8. The molecule has 1 atom stereocenters. The highest BCUT2D eigenvalue weighted by molar-refractivity contribution is 6.30. The Hall–Kier alpha value is -2.00. The summed E-state index contributed by atoms with van der Waals surface area (Å²) < 4.78 is 0. The fraction of sp³-hybridized carbons (Fsp3) is 0.278. The van der Waals surface area contributed by atoms with Crippen molar-refractivity contribution in [3.63, 3.8) is 0 Å². The predicted octanol–water partition coefficient (Wildman–Crippen LogP) is 4.10. The standard InChI is InChI=1S/C18H19ClN2O/c1-13-11-20(12-15-6-5-7-16(19)10-15)17-8-3-4-9-18(17)21(13)14(2)22/h3-10,13H,11-12H2,1-2H3/t13-/m0/s1. The molecule has 0 radical (unpaired) electrons. The summed E-state index contributed by atoms with van der Waals surface area (Å²) in [5.74, 6) is 0.0855. The third kappa shape index (κ3) is 2.81. The molecule has 22 heavy (non-hydrogen) atoms. The van der Waals surface area contributed by atoms with E-state index in [9.17, 15) is 4.79 Å². The molecule has 4 heteroatoms. The van der Waals surface area contributed by atoms with Crippen LogP contribution in [0.5, 0.6) is 0 Å². The molecule has 1 heterocycles. The van der Waals surface area contributed by atoms with Gasteiger partial charge in [-0.3, -0.25) is 4.79 Å². The molecule has 1 amide bonds. The number of benzene rings is 2. The molecular weight excluding hydrogens is 296 g/mol. The molecule has 0 N–H and O–H groups in total. The second kappa shape index (κ2) is 6.01. The van der Waals surface area contributed by atoms with Crippen LogP contribution in [-0.2, 0) is 11.3 Å². The molecule has 3 rings (SSSR count). The van der Waals surface area contributed by atoms with Crippen LogP contribution in [0, 0.1) is 0 Å². The molecule has 114 valence electrons. The topological polar surface area (TPSA) is 23.6 Å². The summed E-state index contributed by atoms with van der Waals surface area (Å²) in [4.78, 5) is 16.2. The Morgan fingerprint density at radius 2 is 1.91 bits per heavy atom. The number of fused-ring (bicyclic) bond motifs is 1. The van der Waals surface area contributed by atoms with Gasteiger partial charge in [0.05, 0.1) is 17.4 Å². The van der Waals surface area contributed by atoms with Crippen molar-refractivity contribution in [3.05, 3.63) is 59.1 Å². The number of nitrogens with zero attached hydrogens (tertiary/aromatic N) is 2. The first-order valence-corrected chi connectivity index (χ1v) is 7.82. The lowest BCUT2D eigenvalue weighted by Gasteiger charge is -2.41. The lowest BCUT2D eigenvalue weighted by atomic mass is 10.1. The zero-order valence-corrected chi connectivity index (χ0v) is 13.5. The monoisotopic (exact) mass is 314 g/mol. The molecule has 0 aliphatic carbocycles. The van der Waals surface area contributed by atoms with Crippen LogP contribution in [0.1, 0.15) is 19.4 Å². The minimum Gasteiger partial charge on any atom is -0.363 e. The van der Waals surface area contributed by atoms with Gasteiger partial charge in [0.1, 0.15) is 0 Å². The van der Waals surface area contributed by atoms with E-state index in [1.807, 2.05) is 41.3 Å². The van der Waals surface area contributed by atoms with Crippen LogP contribution in [0.25, 0.3) is 0 Å². The highest BCUT2D eigenvalue weighted by atomic mass is 35.5. The van der Waals surface area contributed by atoms with Gasteiger partial charge in [-0.1, -0.05) is 35.9 Å². The van der Waals surface area contributed by atoms with Crippen molar-refractivity contribution in [1.29, 1.82) is 0 Å². The predicted molar refractivity (Wildman–Crippen MR) is 91.6 cm³/mol. The molecule has 0 spiro atoms. The minimum absolute atomic E-state index is 0.0855. The van der Waals surface area contributed by atoms with Crippen LogP contribution in [-0.4, -0.2) is 18.5 Å². The summed E-state index contributed by atoms with van der Waals surface area (Å²) in [5.41, 5.74) is 3.25. The van der Waals surface area contributed by atoms with Gasteiger partial charge < -0.3 is 9.80 Å². The molecule has 0 bridgehead atoms. The van der Waals surface area contributed by atoms with Crippen molar-refractivity contribution >= 4 is 28.9 Å². The minimum atomic E-state index is 0.0855. The van der Waals surface area contributed by atoms with Gasteiger partial charge in [-0.25, -0.2) is 0 Å². The van der Waals surface area contributed by atoms with Crippen LogP contribution in [0.15, 0.2) is 48.5 Å². The lowest BCUT2D eigenvalue weighted by molar-refractivity contribution is -0.117. The van der Waals surface area contributed by atoms with E-state index in [1.54, 1.807) is 6.92 Å². The second-order valence-electron chi connectivity index (χ2n) is 5.74.